The van der Waals surface area contributed by atoms with E-state index in [1.165, 1.54) is 6.08 Å². The van der Waals surface area contributed by atoms with Gasteiger partial charge in [0.25, 0.3) is 5.56 Å². The molecule has 0 aliphatic carbocycles. The number of benzene rings is 2. The van der Waals surface area contributed by atoms with Gasteiger partial charge in [0.1, 0.15) is 11.6 Å². The zero-order valence-electron chi connectivity index (χ0n) is 18.0. The summed E-state index contributed by atoms with van der Waals surface area (Å²) in [6.45, 7) is 2.49. The van der Waals surface area contributed by atoms with Crippen molar-refractivity contribution in [1.82, 2.24) is 14.9 Å². The number of carbonyl (C=O) groups excluding carboxylic acids is 1. The Labute approximate surface area is 180 Å². The van der Waals surface area contributed by atoms with Crippen LogP contribution >= 0.6 is 0 Å². The summed E-state index contributed by atoms with van der Waals surface area (Å²) >= 11 is 0. The largest absolute Gasteiger partial charge is 0.496 e. The maximum Gasteiger partial charge on any atom is 0.258 e. The van der Waals surface area contributed by atoms with Gasteiger partial charge in [0, 0.05) is 24.3 Å². The predicted molar refractivity (Wildman–Crippen MR) is 119 cm³/mol. The number of hydrogen-bond donors (Lipinski definition) is 1. The number of methoxy groups -OCH3 is 3. The highest BCUT2D eigenvalue weighted by Gasteiger charge is 2.14. The lowest BCUT2D eigenvalue weighted by Gasteiger charge is -2.18. The van der Waals surface area contributed by atoms with Crippen LogP contribution in [0.5, 0.6) is 17.2 Å². The van der Waals surface area contributed by atoms with Gasteiger partial charge in [-0.25, -0.2) is 4.98 Å². The minimum absolute atomic E-state index is 0.183. The molecule has 31 heavy (non-hydrogen) atoms. The molecule has 0 spiro atoms. The second kappa shape index (κ2) is 9.80. The van der Waals surface area contributed by atoms with Gasteiger partial charge in [-0.2, -0.15) is 0 Å². The molecule has 0 unspecified atom stereocenters. The van der Waals surface area contributed by atoms with E-state index >= 15 is 0 Å². The van der Waals surface area contributed by atoms with Gasteiger partial charge in [-0.05, 0) is 31.2 Å². The molecule has 0 fully saturated rings. The lowest BCUT2D eigenvalue weighted by molar-refractivity contribution is -0.126. The molecule has 2 aromatic carbocycles. The molecular weight excluding hydrogens is 398 g/mol. The summed E-state index contributed by atoms with van der Waals surface area (Å²) in [5.74, 6) is 1.81. The third-order valence-electron chi connectivity index (χ3n) is 4.84. The standard InChI is InChI=1S/C23H25N3O5/c1-5-26(14-21-24-17-9-7-6-8-16(17)23(28)25-21)22(27)11-10-15-12-19(30-3)20(31-4)13-18(15)29-2/h6-13H,5,14H2,1-4H3,(H,24,25,28)/b11-10+. The molecule has 0 atom stereocenters. The zero-order chi connectivity index (χ0) is 22.4. The number of nitrogens with zero attached hydrogens (tertiary/aromatic N) is 2. The van der Waals surface area contributed by atoms with Gasteiger partial charge in [0.2, 0.25) is 5.91 Å². The molecular formula is C23H25N3O5. The van der Waals surface area contributed by atoms with Crippen LogP contribution in [-0.4, -0.2) is 48.6 Å². The van der Waals surface area contributed by atoms with Gasteiger partial charge in [0.05, 0.1) is 38.8 Å². The van der Waals surface area contributed by atoms with E-state index < -0.39 is 0 Å². The first-order valence-corrected chi connectivity index (χ1v) is 9.75. The Morgan fingerprint density at radius 1 is 1.06 bits per heavy atom. The summed E-state index contributed by atoms with van der Waals surface area (Å²) in [5.41, 5.74) is 1.03. The zero-order valence-corrected chi connectivity index (χ0v) is 18.0. The Hall–Kier alpha value is -3.81. The number of fused-ring (bicyclic) bond motifs is 1. The summed E-state index contributed by atoms with van der Waals surface area (Å²) in [6.07, 6.45) is 3.11. The molecule has 3 rings (SSSR count). The van der Waals surface area contributed by atoms with Crippen LogP contribution in [0.25, 0.3) is 17.0 Å². The van der Waals surface area contributed by atoms with Crippen LogP contribution < -0.4 is 19.8 Å². The number of amides is 1. The molecule has 3 aromatic rings. The van der Waals surface area contributed by atoms with Crippen molar-refractivity contribution >= 4 is 22.9 Å². The number of carbonyl (C=O) groups is 1. The molecule has 0 aliphatic rings. The average Bonchev–Trinajstić information content (AvgIpc) is 2.80. The smallest absolute Gasteiger partial charge is 0.258 e. The lowest BCUT2D eigenvalue weighted by Crippen LogP contribution is -2.30. The quantitative estimate of drug-likeness (QED) is 0.560. The fraction of sp³-hybridized carbons (Fsp3) is 0.261. The van der Waals surface area contributed by atoms with Crippen LogP contribution in [0.15, 0.2) is 47.3 Å². The van der Waals surface area contributed by atoms with E-state index in [0.717, 1.165) is 0 Å². The SMILES string of the molecule is CCN(Cc1nc2ccccc2c(=O)[nH]1)C(=O)/C=C/c1cc(OC)c(OC)cc1OC. The maximum absolute atomic E-state index is 12.8. The number of rotatable bonds is 8. The maximum atomic E-state index is 12.8. The highest BCUT2D eigenvalue weighted by molar-refractivity contribution is 5.92. The molecule has 1 aromatic heterocycles. The summed E-state index contributed by atoms with van der Waals surface area (Å²) < 4.78 is 16.0. The van der Waals surface area contributed by atoms with Gasteiger partial charge >= 0.3 is 0 Å². The first-order chi connectivity index (χ1) is 15.0. The molecule has 8 nitrogen and oxygen atoms in total. The molecule has 0 aliphatic heterocycles. The Kier molecular flexibility index (Phi) is 6.92. The minimum atomic E-state index is -0.227. The third kappa shape index (κ3) is 4.85. The van der Waals surface area contributed by atoms with E-state index in [0.29, 0.717) is 46.1 Å². The van der Waals surface area contributed by atoms with Crippen molar-refractivity contribution in [2.75, 3.05) is 27.9 Å². The van der Waals surface area contributed by atoms with Gasteiger partial charge in [-0.3, -0.25) is 9.59 Å². The lowest BCUT2D eigenvalue weighted by atomic mass is 10.1. The number of para-hydroxylation sites is 1. The van der Waals surface area contributed by atoms with E-state index in [1.807, 2.05) is 13.0 Å². The monoisotopic (exact) mass is 423 g/mol. The highest BCUT2D eigenvalue weighted by atomic mass is 16.5. The number of hydrogen-bond acceptors (Lipinski definition) is 6. The minimum Gasteiger partial charge on any atom is -0.496 e. The molecule has 1 amide bonds. The Morgan fingerprint density at radius 3 is 2.42 bits per heavy atom. The Bertz CT molecular complexity index is 1170. The van der Waals surface area contributed by atoms with Gasteiger partial charge < -0.3 is 24.1 Å². The highest BCUT2D eigenvalue weighted by Crippen LogP contribution is 2.35. The second-order valence-corrected chi connectivity index (χ2v) is 6.66. The van der Waals surface area contributed by atoms with Crippen molar-refractivity contribution in [3.8, 4) is 17.2 Å². The summed E-state index contributed by atoms with van der Waals surface area (Å²) in [4.78, 5) is 33.9. The summed E-state index contributed by atoms with van der Waals surface area (Å²) in [7, 11) is 4.63. The Balaban J connectivity index is 1.83. The molecule has 0 bridgehead atoms. The van der Waals surface area contributed by atoms with Crippen LogP contribution in [0.3, 0.4) is 0 Å². The van der Waals surface area contributed by atoms with Gasteiger partial charge in [-0.15, -0.1) is 0 Å². The first kappa shape index (κ1) is 21.9. The Morgan fingerprint density at radius 2 is 1.74 bits per heavy atom. The molecule has 162 valence electrons. The van der Waals surface area contributed by atoms with E-state index in [9.17, 15) is 9.59 Å². The fourth-order valence-corrected chi connectivity index (χ4v) is 3.19. The summed E-state index contributed by atoms with van der Waals surface area (Å²) in [5, 5.41) is 0.515. The third-order valence-corrected chi connectivity index (χ3v) is 4.84. The normalized spacial score (nSPS) is 11.0. The van der Waals surface area contributed by atoms with Crippen molar-refractivity contribution in [1.29, 1.82) is 0 Å². The molecule has 8 heteroatoms. The van der Waals surface area contributed by atoms with Crippen molar-refractivity contribution in [3.05, 3.63) is 64.2 Å². The van der Waals surface area contributed by atoms with Crippen molar-refractivity contribution in [3.63, 3.8) is 0 Å². The predicted octanol–water partition coefficient (Wildman–Crippen LogP) is 3.01. The van der Waals surface area contributed by atoms with E-state index in [2.05, 4.69) is 9.97 Å². The molecule has 0 saturated heterocycles. The number of aromatic amines is 1. The number of likely N-dealkylation sites (N-methyl/N-ethyl adjacent to an activating group) is 1. The second-order valence-electron chi connectivity index (χ2n) is 6.66. The van der Waals surface area contributed by atoms with Crippen molar-refractivity contribution in [2.45, 2.75) is 13.5 Å². The first-order valence-electron chi connectivity index (χ1n) is 9.75. The van der Waals surface area contributed by atoms with Crippen LogP contribution in [0.2, 0.25) is 0 Å². The number of ether oxygens (including phenoxy) is 3. The van der Waals surface area contributed by atoms with E-state index in [-0.39, 0.29) is 18.0 Å². The fourth-order valence-electron chi connectivity index (χ4n) is 3.19. The van der Waals surface area contributed by atoms with Crippen LogP contribution in [0, 0.1) is 0 Å². The van der Waals surface area contributed by atoms with Crippen molar-refractivity contribution < 1.29 is 19.0 Å². The van der Waals surface area contributed by atoms with Gasteiger partial charge in [-0.1, -0.05) is 12.1 Å². The molecule has 0 saturated carbocycles. The molecule has 1 heterocycles. The van der Waals surface area contributed by atoms with Crippen LogP contribution in [0.4, 0.5) is 0 Å². The van der Waals surface area contributed by atoms with Crippen molar-refractivity contribution in [2.24, 2.45) is 0 Å². The van der Waals surface area contributed by atoms with Crippen LogP contribution in [-0.2, 0) is 11.3 Å². The summed E-state index contributed by atoms with van der Waals surface area (Å²) in [6, 6.07) is 10.5. The number of nitrogens with one attached hydrogen (secondary N) is 1. The topological polar surface area (TPSA) is 93.8 Å². The number of H-pyrrole nitrogens is 1. The van der Waals surface area contributed by atoms with Gasteiger partial charge in [0.15, 0.2) is 11.5 Å². The van der Waals surface area contributed by atoms with E-state index in [4.69, 9.17) is 14.2 Å². The molecule has 1 N–H and O–H groups in total. The molecule has 0 radical (unpaired) electrons. The number of aromatic nitrogens is 2. The average molecular weight is 423 g/mol. The van der Waals surface area contributed by atoms with Crippen LogP contribution in [0.1, 0.15) is 18.3 Å². The van der Waals surface area contributed by atoms with E-state index in [1.54, 1.807) is 62.6 Å².